The molecule has 8 heteroatoms. The number of hydrogen-bond donors (Lipinski definition) is 1. The average molecular weight is 447 g/mol. The molecule has 5 nitrogen and oxygen atoms in total. The third-order valence-corrected chi connectivity index (χ3v) is 7.04. The summed E-state index contributed by atoms with van der Waals surface area (Å²) in [5.41, 5.74) is 3.17. The molecule has 0 atom stereocenters. The fourth-order valence-electron chi connectivity index (χ4n) is 3.33. The second-order valence-electron chi connectivity index (χ2n) is 6.70. The number of halogens is 2. The monoisotopic (exact) mass is 446 g/mol. The van der Waals surface area contributed by atoms with Gasteiger partial charge in [0.2, 0.25) is 5.91 Å². The number of hydrogen-bond acceptors (Lipinski definition) is 3. The van der Waals surface area contributed by atoms with Gasteiger partial charge in [0.25, 0.3) is 10.0 Å². The summed E-state index contributed by atoms with van der Waals surface area (Å²) in [7, 11) is -3.90. The van der Waals surface area contributed by atoms with Crippen LogP contribution in [0.2, 0.25) is 10.0 Å². The standard InChI is InChI=1S/C21H16Cl2N2O3S/c1-13-6-9-19-16(10-13)15-4-2-3-5-20(15)29(27,28)25(19)12-21(26)24-18-11-14(22)7-8-17(18)23/h2-11H,12H2,1H3,(H,24,26). The molecule has 0 bridgehead atoms. The first-order valence-corrected chi connectivity index (χ1v) is 10.9. The minimum Gasteiger partial charge on any atom is -0.323 e. The van der Waals surface area contributed by atoms with Crippen LogP contribution in [0.3, 0.4) is 0 Å². The summed E-state index contributed by atoms with van der Waals surface area (Å²) in [6.45, 7) is 1.54. The molecule has 0 aliphatic carbocycles. The number of fused-ring (bicyclic) bond motifs is 3. The van der Waals surface area contributed by atoms with Gasteiger partial charge in [-0.05, 0) is 43.3 Å². The van der Waals surface area contributed by atoms with Crippen molar-refractivity contribution in [3.8, 4) is 11.1 Å². The van der Waals surface area contributed by atoms with Crippen molar-refractivity contribution in [3.05, 3.63) is 76.3 Å². The number of carbonyl (C=O) groups is 1. The Balaban J connectivity index is 1.74. The van der Waals surface area contributed by atoms with E-state index >= 15 is 0 Å². The number of benzene rings is 3. The molecule has 3 aromatic rings. The minimum atomic E-state index is -3.90. The number of aryl methyl sites for hydroxylation is 1. The fraction of sp³-hybridized carbons (Fsp3) is 0.0952. The molecular formula is C21H16Cl2N2O3S. The summed E-state index contributed by atoms with van der Waals surface area (Å²) >= 11 is 12.1. The van der Waals surface area contributed by atoms with Gasteiger partial charge in [-0.25, -0.2) is 8.42 Å². The molecule has 29 heavy (non-hydrogen) atoms. The molecule has 0 aromatic heterocycles. The van der Waals surface area contributed by atoms with Crippen LogP contribution in [-0.4, -0.2) is 20.9 Å². The van der Waals surface area contributed by atoms with Crippen LogP contribution in [0.25, 0.3) is 11.1 Å². The number of sulfonamides is 1. The van der Waals surface area contributed by atoms with Crippen LogP contribution in [-0.2, 0) is 14.8 Å². The smallest absolute Gasteiger partial charge is 0.265 e. The van der Waals surface area contributed by atoms with Crippen molar-refractivity contribution in [1.82, 2.24) is 0 Å². The molecule has 0 spiro atoms. The van der Waals surface area contributed by atoms with Gasteiger partial charge in [0.05, 0.1) is 21.3 Å². The predicted octanol–water partition coefficient (Wildman–Crippen LogP) is 5.12. The van der Waals surface area contributed by atoms with Crippen molar-refractivity contribution < 1.29 is 13.2 Å². The van der Waals surface area contributed by atoms with Gasteiger partial charge in [-0.3, -0.25) is 9.10 Å². The molecule has 1 heterocycles. The molecule has 0 saturated carbocycles. The van der Waals surface area contributed by atoms with Crippen LogP contribution in [0.4, 0.5) is 11.4 Å². The molecule has 1 aliphatic heterocycles. The SMILES string of the molecule is Cc1ccc2c(c1)-c1ccccc1S(=O)(=O)N2CC(=O)Nc1cc(Cl)ccc1Cl. The van der Waals surface area contributed by atoms with E-state index in [2.05, 4.69) is 5.32 Å². The first kappa shape index (κ1) is 19.8. The van der Waals surface area contributed by atoms with Gasteiger partial charge in [0.15, 0.2) is 0 Å². The Kier molecular flexibility index (Phi) is 5.02. The summed E-state index contributed by atoms with van der Waals surface area (Å²) in [6.07, 6.45) is 0. The largest absolute Gasteiger partial charge is 0.323 e. The number of amides is 1. The Morgan fingerprint density at radius 3 is 2.55 bits per heavy atom. The highest BCUT2D eigenvalue weighted by molar-refractivity contribution is 7.93. The van der Waals surface area contributed by atoms with Crippen molar-refractivity contribution in [3.63, 3.8) is 0 Å². The van der Waals surface area contributed by atoms with Gasteiger partial charge in [-0.2, -0.15) is 0 Å². The summed E-state index contributed by atoms with van der Waals surface area (Å²) in [5.74, 6) is -0.524. The molecule has 1 N–H and O–H groups in total. The van der Waals surface area contributed by atoms with E-state index < -0.39 is 22.5 Å². The Hall–Kier alpha value is -2.54. The Bertz CT molecular complexity index is 1240. The van der Waals surface area contributed by atoms with Crippen LogP contribution in [0.15, 0.2) is 65.6 Å². The van der Waals surface area contributed by atoms with Crippen molar-refractivity contribution in [2.75, 3.05) is 16.2 Å². The lowest BCUT2D eigenvalue weighted by Crippen LogP contribution is -2.40. The maximum absolute atomic E-state index is 13.3. The van der Waals surface area contributed by atoms with E-state index in [1.54, 1.807) is 42.5 Å². The zero-order valence-electron chi connectivity index (χ0n) is 15.3. The molecule has 1 aliphatic rings. The molecule has 4 rings (SSSR count). The highest BCUT2D eigenvalue weighted by Gasteiger charge is 2.35. The third-order valence-electron chi connectivity index (χ3n) is 4.66. The topological polar surface area (TPSA) is 66.5 Å². The Morgan fingerprint density at radius 1 is 1.00 bits per heavy atom. The summed E-state index contributed by atoms with van der Waals surface area (Å²) < 4.78 is 27.6. The molecule has 0 unspecified atom stereocenters. The lowest BCUT2D eigenvalue weighted by atomic mass is 10.0. The fourth-order valence-corrected chi connectivity index (χ4v) is 5.32. The minimum absolute atomic E-state index is 0.173. The zero-order chi connectivity index (χ0) is 20.8. The average Bonchev–Trinajstić information content (AvgIpc) is 2.68. The zero-order valence-corrected chi connectivity index (χ0v) is 17.6. The normalized spacial score (nSPS) is 14.1. The van der Waals surface area contributed by atoms with E-state index in [1.807, 2.05) is 19.1 Å². The molecule has 0 radical (unpaired) electrons. The summed E-state index contributed by atoms with van der Waals surface area (Å²) in [5, 5.41) is 3.36. The first-order valence-electron chi connectivity index (χ1n) is 8.75. The highest BCUT2D eigenvalue weighted by Crippen LogP contribution is 2.43. The van der Waals surface area contributed by atoms with Crippen molar-refractivity contribution >= 4 is 50.5 Å². The molecule has 1 amide bonds. The Labute approximate surface area is 178 Å². The van der Waals surface area contributed by atoms with Crippen LogP contribution in [0, 0.1) is 6.92 Å². The van der Waals surface area contributed by atoms with E-state index in [0.717, 1.165) is 15.4 Å². The van der Waals surface area contributed by atoms with Gasteiger partial charge in [-0.1, -0.05) is 53.0 Å². The van der Waals surface area contributed by atoms with E-state index in [9.17, 15) is 13.2 Å². The van der Waals surface area contributed by atoms with Gasteiger partial charge in [-0.15, -0.1) is 0 Å². The van der Waals surface area contributed by atoms with Crippen molar-refractivity contribution in [2.24, 2.45) is 0 Å². The van der Waals surface area contributed by atoms with Gasteiger partial charge in [0, 0.05) is 16.1 Å². The third kappa shape index (κ3) is 3.59. The molecule has 0 fully saturated rings. The van der Waals surface area contributed by atoms with Crippen LogP contribution < -0.4 is 9.62 Å². The number of anilines is 2. The molecular weight excluding hydrogens is 431 g/mol. The quantitative estimate of drug-likeness (QED) is 0.607. The van der Waals surface area contributed by atoms with Crippen LogP contribution in [0.1, 0.15) is 5.56 Å². The maximum atomic E-state index is 13.3. The molecule has 3 aromatic carbocycles. The van der Waals surface area contributed by atoms with Gasteiger partial charge >= 0.3 is 0 Å². The van der Waals surface area contributed by atoms with E-state index in [-0.39, 0.29) is 4.90 Å². The number of rotatable bonds is 3. The Morgan fingerprint density at radius 2 is 1.76 bits per heavy atom. The number of nitrogens with zero attached hydrogens (tertiary/aromatic N) is 1. The van der Waals surface area contributed by atoms with E-state index in [4.69, 9.17) is 23.2 Å². The second-order valence-corrected chi connectivity index (χ2v) is 9.38. The van der Waals surface area contributed by atoms with E-state index in [1.165, 1.54) is 6.07 Å². The van der Waals surface area contributed by atoms with Crippen LogP contribution in [0.5, 0.6) is 0 Å². The van der Waals surface area contributed by atoms with Gasteiger partial charge < -0.3 is 5.32 Å². The predicted molar refractivity (Wildman–Crippen MR) is 116 cm³/mol. The summed E-state index contributed by atoms with van der Waals surface area (Å²) in [6, 6.07) is 16.9. The first-order chi connectivity index (χ1) is 13.8. The van der Waals surface area contributed by atoms with Gasteiger partial charge in [0.1, 0.15) is 6.54 Å². The molecule has 0 saturated heterocycles. The number of nitrogens with one attached hydrogen (secondary N) is 1. The maximum Gasteiger partial charge on any atom is 0.265 e. The summed E-state index contributed by atoms with van der Waals surface area (Å²) in [4.78, 5) is 12.9. The lowest BCUT2D eigenvalue weighted by Gasteiger charge is -2.31. The van der Waals surface area contributed by atoms with E-state index in [0.29, 0.717) is 27.0 Å². The van der Waals surface area contributed by atoms with Crippen molar-refractivity contribution in [1.29, 1.82) is 0 Å². The highest BCUT2D eigenvalue weighted by atomic mass is 35.5. The van der Waals surface area contributed by atoms with Crippen molar-refractivity contribution in [2.45, 2.75) is 11.8 Å². The lowest BCUT2D eigenvalue weighted by molar-refractivity contribution is -0.114. The number of carbonyl (C=O) groups excluding carboxylic acids is 1. The molecule has 148 valence electrons. The second kappa shape index (κ2) is 7.37. The van der Waals surface area contributed by atoms with Crippen LogP contribution >= 0.6 is 23.2 Å².